The van der Waals surface area contributed by atoms with Crippen molar-refractivity contribution in [3.05, 3.63) is 46.2 Å². The van der Waals surface area contributed by atoms with Crippen LogP contribution in [0.25, 0.3) is 11.3 Å². The van der Waals surface area contributed by atoms with Crippen molar-refractivity contribution in [2.75, 3.05) is 0 Å². The predicted octanol–water partition coefficient (Wildman–Crippen LogP) is 2.37. The Morgan fingerprint density at radius 3 is 2.71 bits per heavy atom. The minimum atomic E-state index is -0.755. The Bertz CT molecular complexity index is 574. The zero-order valence-electron chi connectivity index (χ0n) is 8.49. The molecule has 1 aromatic carbocycles. The van der Waals surface area contributed by atoms with Crippen molar-refractivity contribution in [1.29, 1.82) is 0 Å². The molecule has 0 saturated heterocycles. The molecule has 1 aromatic heterocycles. The Hall–Kier alpha value is -2.63. The van der Waals surface area contributed by atoms with Crippen LogP contribution in [-0.4, -0.2) is 16.3 Å². The number of nitro groups is 1. The van der Waals surface area contributed by atoms with Gasteiger partial charge in [-0.05, 0) is 18.2 Å². The molecule has 0 aliphatic rings. The maximum atomic E-state index is 10.7. The monoisotopic (exact) mass is 233 g/mol. The molecule has 17 heavy (non-hydrogen) atoms. The first-order valence-electron chi connectivity index (χ1n) is 4.64. The van der Waals surface area contributed by atoms with Crippen LogP contribution in [0.3, 0.4) is 0 Å². The molecule has 0 fully saturated rings. The lowest BCUT2D eigenvalue weighted by atomic mass is 10.1. The zero-order valence-corrected chi connectivity index (χ0v) is 8.49. The number of phenols is 1. The van der Waals surface area contributed by atoms with Crippen molar-refractivity contribution >= 4 is 12.0 Å². The molecular formula is C11H7NO5. The van der Waals surface area contributed by atoms with E-state index in [2.05, 4.69) is 0 Å². The second-order valence-electron chi connectivity index (χ2n) is 3.29. The van der Waals surface area contributed by atoms with E-state index in [9.17, 15) is 20.0 Å². The van der Waals surface area contributed by atoms with E-state index in [1.165, 1.54) is 12.3 Å². The maximum Gasteiger partial charge on any atom is 0.312 e. The maximum absolute atomic E-state index is 10.7. The lowest BCUT2D eigenvalue weighted by molar-refractivity contribution is -0.385. The van der Waals surface area contributed by atoms with Crippen molar-refractivity contribution in [2.24, 2.45) is 0 Å². The number of hydrogen-bond acceptors (Lipinski definition) is 5. The zero-order chi connectivity index (χ0) is 12.4. The normalized spacial score (nSPS) is 10.1. The molecule has 86 valence electrons. The van der Waals surface area contributed by atoms with E-state index >= 15 is 0 Å². The third-order valence-electron chi connectivity index (χ3n) is 2.25. The first-order chi connectivity index (χ1) is 8.13. The van der Waals surface area contributed by atoms with Crippen LogP contribution in [0.4, 0.5) is 5.69 Å². The number of aromatic hydroxyl groups is 1. The predicted molar refractivity (Wildman–Crippen MR) is 57.9 cm³/mol. The molecule has 0 bridgehead atoms. The summed E-state index contributed by atoms with van der Waals surface area (Å²) in [5.74, 6) is -0.253. The highest BCUT2D eigenvalue weighted by atomic mass is 16.6. The highest BCUT2D eigenvalue weighted by Crippen LogP contribution is 2.34. The van der Waals surface area contributed by atoms with E-state index in [1.807, 2.05) is 0 Å². The van der Waals surface area contributed by atoms with Gasteiger partial charge in [-0.1, -0.05) is 0 Å². The molecule has 0 saturated carbocycles. The fraction of sp³-hybridized carbons (Fsp3) is 0. The first kappa shape index (κ1) is 10.9. The standard InChI is InChI=1S/C11H7NO5/c13-6-8-4-7(10-2-1-3-17-10)5-9(11(8)14)12(15)16/h1-6,14H. The smallest absolute Gasteiger partial charge is 0.312 e. The molecule has 0 radical (unpaired) electrons. The Balaban J connectivity index is 2.67. The van der Waals surface area contributed by atoms with Crippen LogP contribution >= 0.6 is 0 Å². The molecule has 0 aliphatic carbocycles. The Kier molecular flexibility index (Phi) is 2.61. The molecule has 2 rings (SSSR count). The fourth-order valence-corrected chi connectivity index (χ4v) is 1.46. The van der Waals surface area contributed by atoms with E-state index in [1.54, 1.807) is 12.1 Å². The van der Waals surface area contributed by atoms with Gasteiger partial charge in [-0.2, -0.15) is 0 Å². The summed E-state index contributed by atoms with van der Waals surface area (Å²) in [5.41, 5.74) is -0.312. The number of phenolic OH excluding ortho intramolecular Hbond substituents is 1. The van der Waals surface area contributed by atoms with Crippen molar-refractivity contribution in [3.8, 4) is 17.1 Å². The second-order valence-corrected chi connectivity index (χ2v) is 3.29. The number of furan rings is 1. The Labute approximate surface area is 95.3 Å². The summed E-state index contributed by atoms with van der Waals surface area (Å²) in [6.07, 6.45) is 1.77. The van der Waals surface area contributed by atoms with Gasteiger partial charge in [-0.15, -0.1) is 0 Å². The molecule has 6 heteroatoms. The molecule has 0 unspecified atom stereocenters. The fourth-order valence-electron chi connectivity index (χ4n) is 1.46. The summed E-state index contributed by atoms with van der Waals surface area (Å²) in [6, 6.07) is 5.70. The van der Waals surface area contributed by atoms with Gasteiger partial charge in [0.1, 0.15) is 5.76 Å². The van der Waals surface area contributed by atoms with Crippen LogP contribution in [0.5, 0.6) is 5.75 Å². The number of hydrogen-bond donors (Lipinski definition) is 1. The largest absolute Gasteiger partial charge is 0.502 e. The van der Waals surface area contributed by atoms with Gasteiger partial charge in [0, 0.05) is 11.6 Å². The third kappa shape index (κ3) is 1.87. The van der Waals surface area contributed by atoms with Gasteiger partial charge in [0.15, 0.2) is 6.29 Å². The van der Waals surface area contributed by atoms with Gasteiger partial charge in [-0.3, -0.25) is 14.9 Å². The molecule has 0 amide bonds. The summed E-state index contributed by atoms with van der Waals surface area (Å²) in [6.45, 7) is 0. The summed E-state index contributed by atoms with van der Waals surface area (Å²) >= 11 is 0. The van der Waals surface area contributed by atoms with Crippen LogP contribution in [0, 0.1) is 10.1 Å². The average molecular weight is 233 g/mol. The number of benzene rings is 1. The molecular weight excluding hydrogens is 226 g/mol. The van der Waals surface area contributed by atoms with Gasteiger partial charge in [0.2, 0.25) is 5.75 Å². The third-order valence-corrected chi connectivity index (χ3v) is 2.25. The molecule has 0 aliphatic heterocycles. The van der Waals surface area contributed by atoms with Crippen molar-refractivity contribution in [1.82, 2.24) is 0 Å². The molecule has 0 spiro atoms. The minimum Gasteiger partial charge on any atom is -0.502 e. The second kappa shape index (κ2) is 4.09. The van der Waals surface area contributed by atoms with E-state index < -0.39 is 16.4 Å². The van der Waals surface area contributed by atoms with Crippen LogP contribution in [0.2, 0.25) is 0 Å². The number of carbonyl (C=O) groups excluding carboxylic acids is 1. The van der Waals surface area contributed by atoms with Crippen LogP contribution < -0.4 is 0 Å². The highest BCUT2D eigenvalue weighted by molar-refractivity contribution is 5.85. The highest BCUT2D eigenvalue weighted by Gasteiger charge is 2.20. The minimum absolute atomic E-state index is 0.148. The molecule has 1 heterocycles. The first-order valence-corrected chi connectivity index (χ1v) is 4.64. The number of carbonyl (C=O) groups is 1. The van der Waals surface area contributed by atoms with E-state index in [-0.39, 0.29) is 5.56 Å². The lowest BCUT2D eigenvalue weighted by Gasteiger charge is -2.02. The molecule has 1 N–H and O–H groups in total. The Morgan fingerprint density at radius 1 is 1.41 bits per heavy atom. The summed E-state index contributed by atoms with van der Waals surface area (Å²) in [5, 5.41) is 20.2. The summed E-state index contributed by atoms with van der Waals surface area (Å²) < 4.78 is 5.07. The Morgan fingerprint density at radius 2 is 2.18 bits per heavy atom. The van der Waals surface area contributed by atoms with E-state index in [0.717, 1.165) is 6.07 Å². The number of nitro benzene ring substituents is 1. The average Bonchev–Trinajstić information content (AvgIpc) is 2.82. The van der Waals surface area contributed by atoms with Crippen LogP contribution in [-0.2, 0) is 0 Å². The van der Waals surface area contributed by atoms with Crippen LogP contribution in [0.1, 0.15) is 10.4 Å². The van der Waals surface area contributed by atoms with Crippen molar-refractivity contribution in [2.45, 2.75) is 0 Å². The van der Waals surface area contributed by atoms with Gasteiger partial charge in [0.05, 0.1) is 16.7 Å². The van der Waals surface area contributed by atoms with Crippen molar-refractivity contribution < 1.29 is 19.2 Å². The van der Waals surface area contributed by atoms with Crippen molar-refractivity contribution in [3.63, 3.8) is 0 Å². The molecule has 2 aromatic rings. The quantitative estimate of drug-likeness (QED) is 0.499. The number of aldehydes is 1. The van der Waals surface area contributed by atoms with Gasteiger partial charge in [-0.25, -0.2) is 0 Å². The molecule has 6 nitrogen and oxygen atoms in total. The van der Waals surface area contributed by atoms with E-state index in [4.69, 9.17) is 4.42 Å². The number of nitrogens with zero attached hydrogens (tertiary/aromatic N) is 1. The SMILES string of the molecule is O=Cc1cc(-c2ccco2)cc([N+](=O)[O-])c1O. The molecule has 0 atom stereocenters. The lowest BCUT2D eigenvalue weighted by Crippen LogP contribution is -1.93. The topological polar surface area (TPSA) is 93.6 Å². The van der Waals surface area contributed by atoms with Gasteiger partial charge >= 0.3 is 5.69 Å². The van der Waals surface area contributed by atoms with E-state index in [0.29, 0.717) is 17.6 Å². The summed E-state index contributed by atoms with van der Waals surface area (Å²) in [7, 11) is 0. The number of rotatable bonds is 3. The van der Waals surface area contributed by atoms with Gasteiger partial charge < -0.3 is 9.52 Å². The van der Waals surface area contributed by atoms with Gasteiger partial charge in [0.25, 0.3) is 0 Å². The van der Waals surface area contributed by atoms with Crippen LogP contribution in [0.15, 0.2) is 34.9 Å². The summed E-state index contributed by atoms with van der Waals surface area (Å²) in [4.78, 5) is 20.7.